The van der Waals surface area contributed by atoms with Gasteiger partial charge >= 0.3 is 5.97 Å². The number of rotatable bonds is 4. The van der Waals surface area contributed by atoms with Crippen molar-refractivity contribution in [3.63, 3.8) is 0 Å². The number of imide groups is 1. The minimum Gasteiger partial charge on any atom is -0.426 e. The second-order valence-electron chi connectivity index (χ2n) is 10.5. The van der Waals surface area contributed by atoms with Gasteiger partial charge in [-0.05, 0) is 92.5 Å². The van der Waals surface area contributed by atoms with Gasteiger partial charge in [0.1, 0.15) is 5.75 Å². The highest BCUT2D eigenvalue weighted by Gasteiger charge is 2.61. The SMILES string of the molecule is Cc1ccc(N2C[C@H](C(=O)Oc3ccc(N4C(=O)[C@H]5[C@H]6CC[C@@H](C6)[C@@H]5C4=O)cc3)CC2=O)cc1C. The predicted molar refractivity (Wildman–Crippen MR) is 129 cm³/mol. The summed E-state index contributed by atoms with van der Waals surface area (Å²) in [6.45, 7) is 4.29. The molecule has 2 saturated heterocycles. The Bertz CT molecular complexity index is 1220. The van der Waals surface area contributed by atoms with Crippen molar-refractivity contribution >= 4 is 35.1 Å². The fourth-order valence-electron chi connectivity index (χ4n) is 6.53. The molecule has 0 spiro atoms. The molecule has 0 N–H and O–H groups in total. The maximum absolute atomic E-state index is 13.0. The zero-order chi connectivity index (χ0) is 24.4. The lowest BCUT2D eigenvalue weighted by Gasteiger charge is -2.19. The van der Waals surface area contributed by atoms with Gasteiger partial charge in [-0.15, -0.1) is 0 Å². The topological polar surface area (TPSA) is 84.0 Å². The number of ether oxygens (including phenoxy) is 1. The monoisotopic (exact) mass is 472 g/mol. The summed E-state index contributed by atoms with van der Waals surface area (Å²) in [7, 11) is 0. The smallest absolute Gasteiger partial charge is 0.316 e. The number of hydrogen-bond acceptors (Lipinski definition) is 5. The van der Waals surface area contributed by atoms with Crippen LogP contribution in [0.3, 0.4) is 0 Å². The molecular weight excluding hydrogens is 444 g/mol. The molecule has 7 heteroatoms. The highest BCUT2D eigenvalue weighted by atomic mass is 16.5. The van der Waals surface area contributed by atoms with E-state index in [-0.39, 0.29) is 42.5 Å². The summed E-state index contributed by atoms with van der Waals surface area (Å²) in [6.07, 6.45) is 3.18. The minimum atomic E-state index is -0.555. The van der Waals surface area contributed by atoms with E-state index in [2.05, 4.69) is 0 Å². The van der Waals surface area contributed by atoms with Gasteiger partial charge in [0.2, 0.25) is 17.7 Å². The van der Waals surface area contributed by atoms with Crippen molar-refractivity contribution < 1.29 is 23.9 Å². The van der Waals surface area contributed by atoms with Gasteiger partial charge in [0.15, 0.2) is 0 Å². The molecule has 4 fully saturated rings. The lowest BCUT2D eigenvalue weighted by Crippen LogP contribution is -2.32. The molecule has 5 atom stereocenters. The van der Waals surface area contributed by atoms with E-state index in [4.69, 9.17) is 4.74 Å². The van der Waals surface area contributed by atoms with Crippen LogP contribution >= 0.6 is 0 Å². The molecule has 35 heavy (non-hydrogen) atoms. The zero-order valence-corrected chi connectivity index (χ0v) is 19.9. The van der Waals surface area contributed by atoms with Crippen molar-refractivity contribution in [3.05, 3.63) is 53.6 Å². The summed E-state index contributed by atoms with van der Waals surface area (Å²) in [5.74, 6) is -0.629. The van der Waals surface area contributed by atoms with Gasteiger partial charge < -0.3 is 9.64 Å². The van der Waals surface area contributed by atoms with Crippen LogP contribution in [-0.2, 0) is 19.2 Å². The van der Waals surface area contributed by atoms with E-state index in [9.17, 15) is 19.2 Å². The number of carbonyl (C=O) groups is 4. The Kier molecular flexibility index (Phi) is 5.06. The molecule has 2 aromatic rings. The van der Waals surface area contributed by atoms with Crippen LogP contribution in [-0.4, -0.2) is 30.2 Å². The number of amides is 3. The second kappa shape index (κ2) is 8.04. The third-order valence-corrected chi connectivity index (χ3v) is 8.50. The summed E-state index contributed by atoms with van der Waals surface area (Å²) in [4.78, 5) is 54.4. The largest absolute Gasteiger partial charge is 0.426 e. The van der Waals surface area contributed by atoms with E-state index in [0.717, 1.165) is 36.1 Å². The molecular formula is C28H28N2O5. The van der Waals surface area contributed by atoms with Gasteiger partial charge in [-0.25, -0.2) is 0 Å². The third kappa shape index (κ3) is 3.48. The normalized spacial score (nSPS) is 29.3. The molecule has 0 aromatic heterocycles. The number of benzene rings is 2. The first-order chi connectivity index (χ1) is 16.8. The zero-order valence-electron chi connectivity index (χ0n) is 19.9. The van der Waals surface area contributed by atoms with Gasteiger partial charge in [0.05, 0.1) is 23.4 Å². The van der Waals surface area contributed by atoms with Gasteiger partial charge in [0.25, 0.3) is 0 Å². The van der Waals surface area contributed by atoms with Crippen LogP contribution in [0.2, 0.25) is 0 Å². The fraction of sp³-hybridized carbons (Fsp3) is 0.429. The van der Waals surface area contributed by atoms with Crippen molar-refractivity contribution in [1.29, 1.82) is 0 Å². The average molecular weight is 473 g/mol. The van der Waals surface area contributed by atoms with Crippen LogP contribution in [0.1, 0.15) is 36.8 Å². The quantitative estimate of drug-likeness (QED) is 0.384. The summed E-state index contributed by atoms with van der Waals surface area (Å²) in [5.41, 5.74) is 3.54. The predicted octanol–water partition coefficient (Wildman–Crippen LogP) is 3.80. The highest BCUT2D eigenvalue weighted by Crippen LogP contribution is 2.56. The Morgan fingerprint density at radius 3 is 2.11 bits per heavy atom. The van der Waals surface area contributed by atoms with Crippen LogP contribution in [0.4, 0.5) is 11.4 Å². The maximum Gasteiger partial charge on any atom is 0.316 e. The second-order valence-corrected chi connectivity index (χ2v) is 10.5. The molecule has 3 amide bonds. The Balaban J connectivity index is 1.12. The van der Waals surface area contributed by atoms with Crippen LogP contribution in [0.5, 0.6) is 5.75 Å². The summed E-state index contributed by atoms with van der Waals surface area (Å²) >= 11 is 0. The number of anilines is 2. The fourth-order valence-corrected chi connectivity index (χ4v) is 6.53. The van der Waals surface area contributed by atoms with Gasteiger partial charge in [-0.2, -0.15) is 0 Å². The van der Waals surface area contributed by atoms with Crippen molar-refractivity contribution in [2.75, 3.05) is 16.3 Å². The Hall–Kier alpha value is -3.48. The standard InChI is InChI=1S/C28H28N2O5/c1-15-3-6-21(11-16(15)2)29-14-19(13-23(29)31)28(34)35-22-9-7-20(8-10-22)30-26(32)24-17-4-5-18(12-17)25(24)27(30)33/h3,6-11,17-19,24-25H,4-5,12-14H2,1-2H3/t17-,18-,19+,24-,25-/m0/s1. The van der Waals surface area contributed by atoms with E-state index >= 15 is 0 Å². The van der Waals surface area contributed by atoms with Crippen molar-refractivity contribution in [2.45, 2.75) is 39.5 Å². The summed E-state index contributed by atoms with van der Waals surface area (Å²) in [6, 6.07) is 12.3. The lowest BCUT2D eigenvalue weighted by atomic mass is 9.81. The number of aryl methyl sites for hydroxylation is 2. The Labute approximate surface area is 204 Å². The van der Waals surface area contributed by atoms with Crippen LogP contribution in [0.25, 0.3) is 0 Å². The number of hydrogen-bond donors (Lipinski definition) is 0. The Morgan fingerprint density at radius 2 is 1.49 bits per heavy atom. The van der Waals surface area contributed by atoms with Crippen molar-refractivity contribution in [3.8, 4) is 5.75 Å². The van der Waals surface area contributed by atoms with E-state index < -0.39 is 11.9 Å². The molecule has 180 valence electrons. The first kappa shape index (κ1) is 22.0. The molecule has 2 bridgehead atoms. The van der Waals surface area contributed by atoms with Crippen LogP contribution in [0, 0.1) is 43.4 Å². The number of fused-ring (bicyclic) bond motifs is 5. The van der Waals surface area contributed by atoms with Crippen LogP contribution < -0.4 is 14.5 Å². The first-order valence-electron chi connectivity index (χ1n) is 12.4. The first-order valence-corrected chi connectivity index (χ1v) is 12.4. The molecule has 0 unspecified atom stereocenters. The molecule has 4 aliphatic rings. The summed E-state index contributed by atoms with van der Waals surface area (Å²) in [5, 5.41) is 0. The molecule has 2 heterocycles. The molecule has 2 aliphatic carbocycles. The molecule has 2 aromatic carbocycles. The maximum atomic E-state index is 13.0. The molecule has 0 radical (unpaired) electrons. The molecule has 6 rings (SSSR count). The van der Waals surface area contributed by atoms with E-state index in [1.54, 1.807) is 29.2 Å². The molecule has 7 nitrogen and oxygen atoms in total. The van der Waals surface area contributed by atoms with Crippen molar-refractivity contribution in [1.82, 2.24) is 0 Å². The molecule has 2 saturated carbocycles. The highest BCUT2D eigenvalue weighted by molar-refractivity contribution is 6.22. The van der Waals surface area contributed by atoms with Gasteiger partial charge in [0, 0.05) is 18.7 Å². The third-order valence-electron chi connectivity index (χ3n) is 8.50. The van der Waals surface area contributed by atoms with Crippen molar-refractivity contribution in [2.24, 2.45) is 29.6 Å². The Morgan fingerprint density at radius 1 is 0.857 bits per heavy atom. The van der Waals surface area contributed by atoms with E-state index in [0.29, 0.717) is 23.3 Å². The van der Waals surface area contributed by atoms with E-state index in [1.165, 1.54) is 4.90 Å². The van der Waals surface area contributed by atoms with Gasteiger partial charge in [-0.3, -0.25) is 24.1 Å². The average Bonchev–Trinajstić information content (AvgIpc) is 3.60. The number of esters is 1. The minimum absolute atomic E-state index is 0.0900. The lowest BCUT2D eigenvalue weighted by molar-refractivity contribution is -0.139. The molecule has 2 aliphatic heterocycles. The van der Waals surface area contributed by atoms with Gasteiger partial charge in [-0.1, -0.05) is 6.07 Å². The summed E-state index contributed by atoms with van der Waals surface area (Å²) < 4.78 is 5.56. The van der Waals surface area contributed by atoms with E-state index in [1.807, 2.05) is 32.0 Å². The number of nitrogens with zero attached hydrogens (tertiary/aromatic N) is 2. The number of carbonyl (C=O) groups excluding carboxylic acids is 4. The van der Waals surface area contributed by atoms with Crippen LogP contribution in [0.15, 0.2) is 42.5 Å².